The summed E-state index contributed by atoms with van der Waals surface area (Å²) in [7, 11) is -3.55. The van der Waals surface area contributed by atoms with Crippen LogP contribution in [0.2, 0.25) is 0 Å². The molecule has 2 saturated heterocycles. The lowest BCUT2D eigenvalue weighted by molar-refractivity contribution is -0.117. The highest BCUT2D eigenvalue weighted by atomic mass is 32.2. The number of ether oxygens (including phenoxy) is 1. The van der Waals surface area contributed by atoms with Crippen LogP contribution in [0.4, 0.5) is 5.69 Å². The number of carbonyl (C=O) groups is 1. The number of nitrogens with one attached hydrogen (secondary N) is 1. The third-order valence-corrected chi connectivity index (χ3v) is 6.13. The van der Waals surface area contributed by atoms with E-state index < -0.39 is 10.0 Å². The summed E-state index contributed by atoms with van der Waals surface area (Å²) in [6.07, 6.45) is 1.41. The number of aryl methyl sites for hydroxylation is 1. The van der Waals surface area contributed by atoms with Crippen molar-refractivity contribution in [2.75, 3.05) is 50.8 Å². The van der Waals surface area contributed by atoms with Crippen molar-refractivity contribution >= 4 is 21.6 Å². The average molecular weight is 367 g/mol. The highest BCUT2D eigenvalue weighted by Crippen LogP contribution is 2.27. The number of carbonyl (C=O) groups excluding carboxylic acids is 1. The Bertz CT molecular complexity index is 729. The maximum Gasteiger partial charge on any atom is 0.240 e. The van der Waals surface area contributed by atoms with E-state index in [2.05, 4.69) is 9.62 Å². The van der Waals surface area contributed by atoms with Crippen molar-refractivity contribution in [3.8, 4) is 0 Å². The SMILES string of the molecule is Cc1cc(S(=O)(=O)NCCN2CCOCC2)ccc1N1CCCC1=O. The van der Waals surface area contributed by atoms with E-state index in [1.165, 1.54) is 0 Å². The lowest BCUT2D eigenvalue weighted by Gasteiger charge is -2.26. The van der Waals surface area contributed by atoms with Gasteiger partial charge < -0.3 is 9.64 Å². The quantitative estimate of drug-likeness (QED) is 0.802. The zero-order valence-electron chi connectivity index (χ0n) is 14.5. The van der Waals surface area contributed by atoms with Crippen LogP contribution in [0.5, 0.6) is 0 Å². The molecule has 0 aromatic heterocycles. The van der Waals surface area contributed by atoms with Crippen molar-refractivity contribution < 1.29 is 17.9 Å². The summed E-state index contributed by atoms with van der Waals surface area (Å²) in [6, 6.07) is 4.94. The first-order chi connectivity index (χ1) is 12.0. The number of amides is 1. The van der Waals surface area contributed by atoms with E-state index >= 15 is 0 Å². The average Bonchev–Trinajstić information content (AvgIpc) is 3.01. The molecule has 1 aromatic rings. The molecule has 7 nitrogen and oxygen atoms in total. The Morgan fingerprint density at radius 1 is 1.20 bits per heavy atom. The van der Waals surface area contributed by atoms with Crippen LogP contribution in [-0.4, -0.2) is 65.2 Å². The van der Waals surface area contributed by atoms with Gasteiger partial charge >= 0.3 is 0 Å². The Kier molecular flexibility index (Phi) is 5.73. The zero-order valence-corrected chi connectivity index (χ0v) is 15.3. The van der Waals surface area contributed by atoms with Crippen LogP contribution in [0, 0.1) is 6.92 Å². The van der Waals surface area contributed by atoms with E-state index in [0.717, 1.165) is 30.8 Å². The van der Waals surface area contributed by atoms with Crippen LogP contribution in [0.1, 0.15) is 18.4 Å². The summed E-state index contributed by atoms with van der Waals surface area (Å²) in [6.45, 7) is 6.64. The van der Waals surface area contributed by atoms with E-state index in [9.17, 15) is 13.2 Å². The van der Waals surface area contributed by atoms with E-state index in [1.807, 2.05) is 6.92 Å². The van der Waals surface area contributed by atoms with E-state index in [4.69, 9.17) is 4.74 Å². The lowest BCUT2D eigenvalue weighted by atomic mass is 10.2. The second-order valence-electron chi connectivity index (χ2n) is 6.45. The van der Waals surface area contributed by atoms with Crippen LogP contribution < -0.4 is 9.62 Å². The highest BCUT2D eigenvalue weighted by Gasteiger charge is 2.24. The van der Waals surface area contributed by atoms with Gasteiger partial charge in [0.15, 0.2) is 0 Å². The summed E-state index contributed by atoms with van der Waals surface area (Å²) < 4.78 is 32.9. The van der Waals surface area contributed by atoms with Crippen molar-refractivity contribution in [1.82, 2.24) is 9.62 Å². The molecule has 2 heterocycles. The molecule has 0 aliphatic carbocycles. The van der Waals surface area contributed by atoms with E-state index in [-0.39, 0.29) is 10.8 Å². The minimum atomic E-state index is -3.55. The second kappa shape index (κ2) is 7.82. The minimum absolute atomic E-state index is 0.0994. The number of hydrogen-bond donors (Lipinski definition) is 1. The molecule has 25 heavy (non-hydrogen) atoms. The number of nitrogens with zero attached hydrogens (tertiary/aromatic N) is 2. The second-order valence-corrected chi connectivity index (χ2v) is 8.22. The van der Waals surface area contributed by atoms with E-state index in [1.54, 1.807) is 23.1 Å². The summed E-state index contributed by atoms with van der Waals surface area (Å²) in [4.78, 5) is 16.0. The number of rotatable bonds is 6. The first-order valence-corrected chi connectivity index (χ1v) is 10.2. The largest absolute Gasteiger partial charge is 0.379 e. The topological polar surface area (TPSA) is 79.0 Å². The zero-order chi connectivity index (χ0) is 17.9. The van der Waals surface area contributed by atoms with Gasteiger partial charge in [-0.2, -0.15) is 0 Å². The molecule has 0 radical (unpaired) electrons. The first-order valence-electron chi connectivity index (χ1n) is 8.68. The van der Waals surface area contributed by atoms with E-state index in [0.29, 0.717) is 39.3 Å². The van der Waals surface area contributed by atoms with Gasteiger partial charge in [-0.15, -0.1) is 0 Å². The fourth-order valence-corrected chi connectivity index (χ4v) is 4.35. The molecule has 3 rings (SSSR count). The van der Waals surface area contributed by atoms with Gasteiger partial charge in [-0.05, 0) is 37.1 Å². The number of sulfonamides is 1. The maximum atomic E-state index is 12.5. The van der Waals surface area contributed by atoms with Crippen molar-refractivity contribution in [2.45, 2.75) is 24.7 Å². The molecule has 1 aromatic carbocycles. The molecule has 0 unspecified atom stereocenters. The Morgan fingerprint density at radius 2 is 1.96 bits per heavy atom. The van der Waals surface area contributed by atoms with Crippen molar-refractivity contribution in [1.29, 1.82) is 0 Å². The lowest BCUT2D eigenvalue weighted by Crippen LogP contribution is -2.41. The standard InChI is InChI=1S/C17H25N3O4S/c1-14-13-15(4-5-16(14)20-7-2-3-17(20)21)25(22,23)18-6-8-19-9-11-24-12-10-19/h4-5,13,18H,2-3,6-12H2,1H3. The van der Waals surface area contributed by atoms with Crippen LogP contribution >= 0.6 is 0 Å². The van der Waals surface area contributed by atoms with Crippen molar-refractivity contribution in [2.24, 2.45) is 0 Å². The molecule has 0 saturated carbocycles. The molecule has 2 aliphatic heterocycles. The smallest absolute Gasteiger partial charge is 0.240 e. The summed E-state index contributed by atoms with van der Waals surface area (Å²) in [5.41, 5.74) is 1.60. The summed E-state index contributed by atoms with van der Waals surface area (Å²) in [5.74, 6) is 0.0994. The number of hydrogen-bond acceptors (Lipinski definition) is 5. The van der Waals surface area contributed by atoms with Crippen molar-refractivity contribution in [3.63, 3.8) is 0 Å². The fourth-order valence-electron chi connectivity index (χ4n) is 3.25. The third-order valence-electron chi connectivity index (χ3n) is 4.67. The first kappa shape index (κ1) is 18.3. The third kappa shape index (κ3) is 4.38. The van der Waals surface area contributed by atoms with Gasteiger partial charge in [0.2, 0.25) is 15.9 Å². The molecule has 2 aliphatic rings. The van der Waals surface area contributed by atoms with Crippen LogP contribution in [0.15, 0.2) is 23.1 Å². The maximum absolute atomic E-state index is 12.5. The van der Waals surface area contributed by atoms with Gasteiger partial charge in [-0.3, -0.25) is 9.69 Å². The van der Waals surface area contributed by atoms with Crippen LogP contribution in [-0.2, 0) is 19.6 Å². The molecule has 0 spiro atoms. The molecule has 1 amide bonds. The summed E-state index contributed by atoms with van der Waals surface area (Å²) in [5, 5.41) is 0. The fraction of sp³-hybridized carbons (Fsp3) is 0.588. The Balaban J connectivity index is 1.63. The number of anilines is 1. The van der Waals surface area contributed by atoms with Gasteiger partial charge in [0.05, 0.1) is 18.1 Å². The van der Waals surface area contributed by atoms with Gasteiger partial charge in [0.1, 0.15) is 0 Å². The Hall–Kier alpha value is -1.48. The molecule has 8 heteroatoms. The molecule has 1 N–H and O–H groups in total. The molecule has 0 bridgehead atoms. The number of morpholine rings is 1. The van der Waals surface area contributed by atoms with Crippen LogP contribution in [0.25, 0.3) is 0 Å². The van der Waals surface area contributed by atoms with Crippen molar-refractivity contribution in [3.05, 3.63) is 23.8 Å². The normalized spacial score (nSPS) is 19.6. The molecule has 0 atom stereocenters. The predicted octanol–water partition coefficient (Wildman–Crippen LogP) is 0.732. The summed E-state index contributed by atoms with van der Waals surface area (Å²) >= 11 is 0. The predicted molar refractivity (Wildman–Crippen MR) is 95.2 cm³/mol. The van der Waals surface area contributed by atoms with Gasteiger partial charge in [0.25, 0.3) is 0 Å². The monoisotopic (exact) mass is 367 g/mol. The highest BCUT2D eigenvalue weighted by molar-refractivity contribution is 7.89. The molecular formula is C17H25N3O4S. The van der Waals surface area contributed by atoms with Crippen LogP contribution in [0.3, 0.4) is 0 Å². The molecule has 138 valence electrons. The van der Waals surface area contributed by atoms with Gasteiger partial charge in [0, 0.05) is 44.8 Å². The van der Waals surface area contributed by atoms with Gasteiger partial charge in [-0.1, -0.05) is 0 Å². The molecular weight excluding hydrogens is 342 g/mol. The Labute approximate surface area is 149 Å². The minimum Gasteiger partial charge on any atom is -0.379 e. The number of benzene rings is 1. The van der Waals surface area contributed by atoms with Gasteiger partial charge in [-0.25, -0.2) is 13.1 Å². The Morgan fingerprint density at radius 3 is 2.60 bits per heavy atom. The molecule has 2 fully saturated rings.